The van der Waals surface area contributed by atoms with Gasteiger partial charge in [-0.2, -0.15) is 13.2 Å². The van der Waals surface area contributed by atoms with Crippen LogP contribution in [0.1, 0.15) is 5.69 Å². The molecule has 0 aromatic carbocycles. The van der Waals surface area contributed by atoms with Crippen molar-refractivity contribution >= 4 is 11.4 Å². The van der Waals surface area contributed by atoms with Crippen LogP contribution in [0.25, 0.3) is 5.70 Å². The zero-order valence-corrected chi connectivity index (χ0v) is 8.47. The highest BCUT2D eigenvalue weighted by atomic mass is 19.4. The summed E-state index contributed by atoms with van der Waals surface area (Å²) in [6.45, 7) is 0. The second-order valence-electron chi connectivity index (χ2n) is 2.93. The lowest BCUT2D eigenvalue weighted by Gasteiger charge is -2.08. The third kappa shape index (κ3) is 3.08. The van der Waals surface area contributed by atoms with E-state index in [4.69, 9.17) is 5.41 Å². The lowest BCUT2D eigenvalue weighted by molar-refractivity contribution is -0.0583. The Labute approximate surface area is 90.5 Å². The highest BCUT2D eigenvalue weighted by molar-refractivity contribution is 6.01. The van der Waals surface area contributed by atoms with Gasteiger partial charge in [-0.05, 0) is 18.2 Å². The third-order valence-corrected chi connectivity index (χ3v) is 1.80. The zero-order chi connectivity index (χ0) is 12.2. The van der Waals surface area contributed by atoms with Crippen molar-refractivity contribution < 1.29 is 13.2 Å². The second kappa shape index (κ2) is 4.78. The number of nitrogens with one attached hydrogen (secondary N) is 2. The standard InChI is InChI=1S/C10H10F3N3/c1-15-8(6-9(14)10(11,12)13)7-4-2-3-5-16-7/h2-6,14-15H,1H3/b8-6-,14-9?. The van der Waals surface area contributed by atoms with Gasteiger partial charge < -0.3 is 5.32 Å². The topological polar surface area (TPSA) is 48.8 Å². The van der Waals surface area contributed by atoms with E-state index >= 15 is 0 Å². The van der Waals surface area contributed by atoms with Gasteiger partial charge in [0.05, 0.1) is 11.4 Å². The average molecular weight is 229 g/mol. The van der Waals surface area contributed by atoms with E-state index in [2.05, 4.69) is 10.3 Å². The van der Waals surface area contributed by atoms with Crippen molar-refractivity contribution in [1.29, 1.82) is 5.41 Å². The van der Waals surface area contributed by atoms with Crippen LogP contribution in [0.3, 0.4) is 0 Å². The first kappa shape index (κ1) is 12.2. The molecule has 1 aromatic rings. The van der Waals surface area contributed by atoms with Crippen molar-refractivity contribution in [2.75, 3.05) is 7.05 Å². The van der Waals surface area contributed by atoms with E-state index in [0.717, 1.165) is 0 Å². The summed E-state index contributed by atoms with van der Waals surface area (Å²) in [7, 11) is 1.48. The van der Waals surface area contributed by atoms with Gasteiger partial charge in [0.2, 0.25) is 0 Å². The largest absolute Gasteiger partial charge is 0.432 e. The maximum atomic E-state index is 12.1. The first-order chi connectivity index (χ1) is 7.45. The van der Waals surface area contributed by atoms with E-state index in [1.807, 2.05) is 0 Å². The smallest absolute Gasteiger partial charge is 0.386 e. The molecule has 1 aromatic heterocycles. The minimum absolute atomic E-state index is 0.155. The Morgan fingerprint density at radius 3 is 2.56 bits per heavy atom. The lowest BCUT2D eigenvalue weighted by Crippen LogP contribution is -2.21. The van der Waals surface area contributed by atoms with Crippen molar-refractivity contribution in [2.24, 2.45) is 0 Å². The van der Waals surface area contributed by atoms with Gasteiger partial charge in [0.15, 0.2) is 0 Å². The number of aromatic nitrogens is 1. The maximum absolute atomic E-state index is 12.1. The van der Waals surface area contributed by atoms with Crippen molar-refractivity contribution in [3.63, 3.8) is 0 Å². The first-order valence-electron chi connectivity index (χ1n) is 4.41. The molecule has 1 heterocycles. The molecular formula is C10H10F3N3. The summed E-state index contributed by atoms with van der Waals surface area (Å²) < 4.78 is 36.4. The molecule has 1 rings (SSSR count). The molecule has 2 N–H and O–H groups in total. The van der Waals surface area contributed by atoms with Crippen LogP contribution in [0, 0.1) is 5.41 Å². The van der Waals surface area contributed by atoms with Crippen LogP contribution in [-0.2, 0) is 0 Å². The molecule has 0 fully saturated rings. The molecule has 0 bridgehead atoms. The average Bonchev–Trinajstić information content (AvgIpc) is 2.25. The van der Waals surface area contributed by atoms with Crippen LogP contribution in [0.5, 0.6) is 0 Å². The highest BCUT2D eigenvalue weighted by Gasteiger charge is 2.33. The van der Waals surface area contributed by atoms with Gasteiger partial charge in [0, 0.05) is 13.2 Å². The van der Waals surface area contributed by atoms with E-state index in [1.165, 1.54) is 13.2 Å². The lowest BCUT2D eigenvalue weighted by atomic mass is 10.2. The molecule has 0 saturated carbocycles. The Morgan fingerprint density at radius 1 is 1.44 bits per heavy atom. The zero-order valence-electron chi connectivity index (χ0n) is 8.47. The summed E-state index contributed by atoms with van der Waals surface area (Å²) in [6, 6.07) is 4.88. The summed E-state index contributed by atoms with van der Waals surface area (Å²) in [6.07, 6.45) is -2.46. The number of pyridine rings is 1. The third-order valence-electron chi connectivity index (χ3n) is 1.80. The Bertz CT molecular complexity index is 396. The van der Waals surface area contributed by atoms with Gasteiger partial charge >= 0.3 is 6.18 Å². The van der Waals surface area contributed by atoms with E-state index in [0.29, 0.717) is 11.8 Å². The summed E-state index contributed by atoms with van der Waals surface area (Å²) in [4.78, 5) is 3.89. The summed E-state index contributed by atoms with van der Waals surface area (Å²) in [5, 5.41) is 9.43. The molecule has 0 radical (unpaired) electrons. The van der Waals surface area contributed by atoms with Crippen LogP contribution >= 0.6 is 0 Å². The fourth-order valence-electron chi connectivity index (χ4n) is 1.02. The number of rotatable bonds is 3. The summed E-state index contributed by atoms with van der Waals surface area (Å²) in [5.41, 5.74) is -0.899. The molecular weight excluding hydrogens is 219 g/mol. The fraction of sp³-hybridized carbons (Fsp3) is 0.200. The Morgan fingerprint density at radius 2 is 2.12 bits per heavy atom. The SMILES string of the molecule is CN/C(=C\C(=N)C(F)(F)F)c1ccccn1. The highest BCUT2D eigenvalue weighted by Crippen LogP contribution is 2.19. The molecule has 86 valence electrons. The van der Waals surface area contributed by atoms with E-state index < -0.39 is 11.9 Å². The number of hydrogen-bond acceptors (Lipinski definition) is 3. The van der Waals surface area contributed by atoms with Gasteiger partial charge in [-0.3, -0.25) is 10.4 Å². The quantitative estimate of drug-likeness (QED) is 0.781. The van der Waals surface area contributed by atoms with Gasteiger partial charge in [-0.25, -0.2) is 0 Å². The van der Waals surface area contributed by atoms with Gasteiger partial charge in [0.25, 0.3) is 0 Å². The minimum Gasteiger partial charge on any atom is -0.386 e. The minimum atomic E-state index is -4.64. The molecule has 3 nitrogen and oxygen atoms in total. The van der Waals surface area contributed by atoms with Crippen molar-refractivity contribution in [1.82, 2.24) is 10.3 Å². The van der Waals surface area contributed by atoms with Crippen LogP contribution in [0.2, 0.25) is 0 Å². The van der Waals surface area contributed by atoms with Crippen LogP contribution in [0.15, 0.2) is 30.5 Å². The Kier molecular flexibility index (Phi) is 3.65. The summed E-state index contributed by atoms with van der Waals surface area (Å²) in [5.74, 6) is 0. The van der Waals surface area contributed by atoms with Crippen LogP contribution < -0.4 is 5.32 Å². The molecule has 0 aliphatic rings. The van der Waals surface area contributed by atoms with Gasteiger partial charge in [-0.1, -0.05) is 6.07 Å². The molecule has 0 amide bonds. The second-order valence-corrected chi connectivity index (χ2v) is 2.93. The molecule has 6 heteroatoms. The predicted octanol–water partition coefficient (Wildman–Crippen LogP) is 2.22. The molecule has 0 unspecified atom stereocenters. The molecule has 0 spiro atoms. The predicted molar refractivity (Wildman–Crippen MR) is 55.1 cm³/mol. The number of nitrogens with zero attached hydrogens (tertiary/aromatic N) is 1. The van der Waals surface area contributed by atoms with Crippen LogP contribution in [-0.4, -0.2) is 23.9 Å². The van der Waals surface area contributed by atoms with Gasteiger partial charge in [0.1, 0.15) is 5.71 Å². The Balaban J connectivity index is 3.00. The maximum Gasteiger partial charge on any atom is 0.432 e. The number of allylic oxidation sites excluding steroid dienone is 1. The molecule has 0 atom stereocenters. The molecule has 0 aliphatic heterocycles. The van der Waals surface area contributed by atoms with E-state index in [9.17, 15) is 13.2 Å². The molecule has 16 heavy (non-hydrogen) atoms. The molecule has 0 aliphatic carbocycles. The number of halogens is 3. The van der Waals surface area contributed by atoms with Crippen LogP contribution in [0.4, 0.5) is 13.2 Å². The van der Waals surface area contributed by atoms with Crippen molar-refractivity contribution in [3.05, 3.63) is 36.2 Å². The van der Waals surface area contributed by atoms with Crippen molar-refractivity contribution in [3.8, 4) is 0 Å². The molecule has 0 saturated heterocycles. The van der Waals surface area contributed by atoms with E-state index in [-0.39, 0.29) is 5.70 Å². The normalized spacial score (nSPS) is 12.4. The Hall–Kier alpha value is -1.85. The fourth-order valence-corrected chi connectivity index (χ4v) is 1.02. The van der Waals surface area contributed by atoms with Gasteiger partial charge in [-0.15, -0.1) is 0 Å². The summed E-state index contributed by atoms with van der Waals surface area (Å²) >= 11 is 0. The van der Waals surface area contributed by atoms with E-state index in [1.54, 1.807) is 18.2 Å². The first-order valence-corrected chi connectivity index (χ1v) is 4.41. The monoisotopic (exact) mass is 229 g/mol. The van der Waals surface area contributed by atoms with Crippen molar-refractivity contribution in [2.45, 2.75) is 6.18 Å². The number of alkyl halides is 3. The number of hydrogen-bond donors (Lipinski definition) is 2.